The molecule has 1 amide bonds. The fraction of sp³-hybridized carbons (Fsp3) is 0.435. The van der Waals surface area contributed by atoms with Gasteiger partial charge in [-0.3, -0.25) is 4.79 Å². The Morgan fingerprint density at radius 2 is 1.50 bits per heavy atom. The SMILES string of the molecule is CCc1ccc(C[NH+](C)CC(=O)N2CCN(S(=O)(=O)c3ccc(C)cc3)CC2)cc1. The number of benzene rings is 2. The Balaban J connectivity index is 1.51. The van der Waals surface area contributed by atoms with Gasteiger partial charge in [-0.05, 0) is 31.0 Å². The zero-order chi connectivity index (χ0) is 21.7. The highest BCUT2D eigenvalue weighted by Gasteiger charge is 2.30. The van der Waals surface area contributed by atoms with Crippen molar-refractivity contribution in [3.63, 3.8) is 0 Å². The fourth-order valence-electron chi connectivity index (χ4n) is 3.71. The summed E-state index contributed by atoms with van der Waals surface area (Å²) in [5.74, 6) is 0.0741. The topological polar surface area (TPSA) is 62.1 Å². The van der Waals surface area contributed by atoms with E-state index >= 15 is 0 Å². The zero-order valence-electron chi connectivity index (χ0n) is 18.1. The number of piperazine rings is 1. The van der Waals surface area contributed by atoms with Crippen LogP contribution in [0.3, 0.4) is 0 Å². The van der Waals surface area contributed by atoms with Crippen LogP contribution in [0, 0.1) is 6.92 Å². The molecule has 162 valence electrons. The molecule has 1 N–H and O–H groups in total. The molecule has 0 bridgehead atoms. The van der Waals surface area contributed by atoms with E-state index in [9.17, 15) is 13.2 Å². The number of nitrogens with zero attached hydrogens (tertiary/aromatic N) is 2. The normalized spacial score (nSPS) is 16.4. The van der Waals surface area contributed by atoms with Crippen molar-refractivity contribution < 1.29 is 18.1 Å². The second-order valence-corrected chi connectivity index (χ2v) is 10.0. The van der Waals surface area contributed by atoms with Crippen LogP contribution < -0.4 is 4.90 Å². The van der Waals surface area contributed by atoms with Crippen LogP contribution in [-0.2, 0) is 27.8 Å². The van der Waals surface area contributed by atoms with Crippen molar-refractivity contribution in [2.75, 3.05) is 39.8 Å². The van der Waals surface area contributed by atoms with Crippen molar-refractivity contribution in [1.29, 1.82) is 0 Å². The maximum absolute atomic E-state index is 12.8. The van der Waals surface area contributed by atoms with Crippen LogP contribution in [0.5, 0.6) is 0 Å². The van der Waals surface area contributed by atoms with E-state index in [1.165, 1.54) is 15.4 Å². The molecule has 1 aliphatic rings. The first kappa shape index (κ1) is 22.5. The summed E-state index contributed by atoms with van der Waals surface area (Å²) in [5.41, 5.74) is 3.55. The van der Waals surface area contributed by atoms with Gasteiger partial charge in [-0.25, -0.2) is 8.42 Å². The first-order chi connectivity index (χ1) is 14.3. The molecule has 1 unspecified atom stereocenters. The zero-order valence-corrected chi connectivity index (χ0v) is 18.9. The molecule has 7 heteroatoms. The van der Waals surface area contributed by atoms with Crippen molar-refractivity contribution in [2.24, 2.45) is 0 Å². The Labute approximate surface area is 180 Å². The number of amides is 1. The number of hydrogen-bond donors (Lipinski definition) is 1. The number of aryl methyl sites for hydroxylation is 2. The summed E-state index contributed by atoms with van der Waals surface area (Å²) < 4.78 is 27.1. The van der Waals surface area contributed by atoms with Crippen LogP contribution in [0.15, 0.2) is 53.4 Å². The molecule has 2 aromatic rings. The molecule has 1 aliphatic heterocycles. The molecule has 6 nitrogen and oxygen atoms in total. The third-order valence-corrected chi connectivity index (χ3v) is 7.55. The van der Waals surface area contributed by atoms with Gasteiger partial charge >= 0.3 is 0 Å². The van der Waals surface area contributed by atoms with Gasteiger partial charge in [0, 0.05) is 31.7 Å². The Morgan fingerprint density at radius 3 is 2.07 bits per heavy atom. The summed E-state index contributed by atoms with van der Waals surface area (Å²) >= 11 is 0. The smallest absolute Gasteiger partial charge is 0.277 e. The number of likely N-dealkylation sites (N-methyl/N-ethyl adjacent to an activating group) is 1. The summed E-state index contributed by atoms with van der Waals surface area (Å²) in [4.78, 5) is 15.9. The monoisotopic (exact) mass is 430 g/mol. The van der Waals surface area contributed by atoms with Gasteiger partial charge < -0.3 is 9.80 Å². The van der Waals surface area contributed by atoms with Gasteiger partial charge in [-0.1, -0.05) is 48.9 Å². The minimum Gasteiger partial charge on any atom is -0.335 e. The number of hydrogen-bond acceptors (Lipinski definition) is 3. The van der Waals surface area contributed by atoms with Gasteiger partial charge in [0.25, 0.3) is 5.91 Å². The molecule has 0 saturated carbocycles. The van der Waals surface area contributed by atoms with Crippen LogP contribution >= 0.6 is 0 Å². The Morgan fingerprint density at radius 1 is 0.933 bits per heavy atom. The first-order valence-corrected chi connectivity index (χ1v) is 12.0. The van der Waals surface area contributed by atoms with E-state index in [2.05, 4.69) is 31.2 Å². The first-order valence-electron chi connectivity index (χ1n) is 10.5. The third kappa shape index (κ3) is 5.47. The summed E-state index contributed by atoms with van der Waals surface area (Å²) in [7, 11) is -1.49. The van der Waals surface area contributed by atoms with Crippen LogP contribution in [0.2, 0.25) is 0 Å². The lowest BCUT2D eigenvalue weighted by atomic mass is 10.1. The fourth-order valence-corrected chi connectivity index (χ4v) is 5.13. The van der Waals surface area contributed by atoms with E-state index < -0.39 is 10.0 Å². The largest absolute Gasteiger partial charge is 0.335 e. The van der Waals surface area contributed by atoms with Crippen LogP contribution in [0.25, 0.3) is 0 Å². The molecule has 1 saturated heterocycles. The Bertz CT molecular complexity index is 948. The van der Waals surface area contributed by atoms with E-state index in [0.717, 1.165) is 23.4 Å². The Hall–Kier alpha value is -2.22. The van der Waals surface area contributed by atoms with Crippen molar-refractivity contribution in [2.45, 2.75) is 31.7 Å². The molecule has 0 aliphatic carbocycles. The van der Waals surface area contributed by atoms with E-state index in [-0.39, 0.29) is 5.91 Å². The highest BCUT2D eigenvalue weighted by molar-refractivity contribution is 7.89. The van der Waals surface area contributed by atoms with Gasteiger partial charge in [-0.15, -0.1) is 0 Å². The molecule has 1 atom stereocenters. The molecule has 1 fully saturated rings. The molecule has 1 heterocycles. The minimum atomic E-state index is -3.51. The number of quaternary nitrogens is 1. The van der Waals surface area contributed by atoms with Gasteiger partial charge in [0.2, 0.25) is 10.0 Å². The molecule has 3 rings (SSSR count). The maximum Gasteiger partial charge on any atom is 0.277 e. The van der Waals surface area contributed by atoms with Gasteiger partial charge in [-0.2, -0.15) is 4.31 Å². The lowest BCUT2D eigenvalue weighted by Gasteiger charge is -2.34. The van der Waals surface area contributed by atoms with Gasteiger partial charge in [0.05, 0.1) is 11.9 Å². The second kappa shape index (κ2) is 9.73. The Kier molecular flexibility index (Phi) is 7.28. The van der Waals surface area contributed by atoms with Crippen LogP contribution in [-0.4, -0.2) is 63.3 Å². The number of rotatable bonds is 7. The van der Waals surface area contributed by atoms with E-state index in [1.54, 1.807) is 29.2 Å². The predicted octanol–water partition coefficient (Wildman–Crippen LogP) is 1.11. The lowest BCUT2D eigenvalue weighted by Crippen LogP contribution is -3.09. The number of nitrogens with one attached hydrogen (secondary N) is 1. The van der Waals surface area contributed by atoms with Crippen molar-refractivity contribution in [3.05, 3.63) is 65.2 Å². The van der Waals surface area contributed by atoms with E-state index in [1.807, 2.05) is 14.0 Å². The second-order valence-electron chi connectivity index (χ2n) is 8.08. The summed E-state index contributed by atoms with van der Waals surface area (Å²) in [6.45, 7) is 6.79. The molecule has 0 radical (unpaired) electrons. The quantitative estimate of drug-likeness (QED) is 0.716. The van der Waals surface area contributed by atoms with Crippen molar-refractivity contribution >= 4 is 15.9 Å². The minimum absolute atomic E-state index is 0.0741. The standard InChI is InChI=1S/C23H31N3O3S/c1-4-20-7-9-21(10-8-20)17-24(3)18-23(27)25-13-15-26(16-14-25)30(28,29)22-11-5-19(2)6-12-22/h5-12H,4,13-18H2,1-3H3/p+1. The lowest BCUT2D eigenvalue weighted by molar-refractivity contribution is -0.885. The number of carbonyl (C=O) groups excluding carboxylic acids is 1. The highest BCUT2D eigenvalue weighted by Crippen LogP contribution is 2.18. The number of carbonyl (C=O) groups is 1. The molecule has 0 spiro atoms. The average molecular weight is 431 g/mol. The third-order valence-electron chi connectivity index (χ3n) is 5.64. The van der Waals surface area contributed by atoms with Gasteiger partial charge in [0.1, 0.15) is 6.54 Å². The summed E-state index contributed by atoms with van der Waals surface area (Å²) in [6.07, 6.45) is 1.02. The molecule has 30 heavy (non-hydrogen) atoms. The van der Waals surface area contributed by atoms with Crippen LogP contribution in [0.1, 0.15) is 23.6 Å². The molecule has 0 aromatic heterocycles. The van der Waals surface area contributed by atoms with Gasteiger partial charge in [0.15, 0.2) is 6.54 Å². The summed E-state index contributed by atoms with van der Waals surface area (Å²) in [5, 5.41) is 0. The van der Waals surface area contributed by atoms with Crippen molar-refractivity contribution in [3.8, 4) is 0 Å². The number of sulfonamides is 1. The molecule has 2 aromatic carbocycles. The predicted molar refractivity (Wildman–Crippen MR) is 118 cm³/mol. The molecular formula is C23H32N3O3S+. The van der Waals surface area contributed by atoms with Crippen molar-refractivity contribution in [1.82, 2.24) is 9.21 Å². The van der Waals surface area contributed by atoms with E-state index in [4.69, 9.17) is 0 Å². The maximum atomic E-state index is 12.8. The highest BCUT2D eigenvalue weighted by atomic mass is 32.2. The molecular weight excluding hydrogens is 398 g/mol. The summed E-state index contributed by atoms with van der Waals surface area (Å²) in [6, 6.07) is 15.4. The van der Waals surface area contributed by atoms with E-state index in [0.29, 0.717) is 37.6 Å². The average Bonchev–Trinajstić information content (AvgIpc) is 2.74. The van der Waals surface area contributed by atoms with Crippen LogP contribution in [0.4, 0.5) is 0 Å².